The van der Waals surface area contributed by atoms with Gasteiger partial charge in [-0.1, -0.05) is 6.07 Å². The Morgan fingerprint density at radius 1 is 0.963 bits per heavy atom. The first kappa shape index (κ1) is 18.4. The number of ether oxygens (including phenoxy) is 4. The lowest BCUT2D eigenvalue weighted by Gasteiger charge is -2.11. The SMILES string of the molecule is COc1ccc(C(=O)NNC(=O)CCc2ccc3c(c2)OCO3)cc1OC. The van der Waals surface area contributed by atoms with Crippen molar-refractivity contribution in [1.82, 2.24) is 10.9 Å². The normalized spacial score (nSPS) is 11.6. The Bertz CT molecular complexity index is 852. The molecule has 2 aromatic carbocycles. The predicted molar refractivity (Wildman–Crippen MR) is 96.0 cm³/mol. The van der Waals surface area contributed by atoms with Gasteiger partial charge in [-0.2, -0.15) is 0 Å². The highest BCUT2D eigenvalue weighted by Gasteiger charge is 2.14. The quantitative estimate of drug-likeness (QED) is 0.751. The molecule has 8 heteroatoms. The average Bonchev–Trinajstić information content (AvgIpc) is 3.17. The third-order valence-electron chi connectivity index (χ3n) is 4.04. The van der Waals surface area contributed by atoms with E-state index in [1.54, 1.807) is 12.1 Å². The maximum atomic E-state index is 12.2. The number of fused-ring (bicyclic) bond motifs is 1. The Morgan fingerprint density at radius 2 is 1.74 bits per heavy atom. The van der Waals surface area contributed by atoms with Crippen LogP contribution in [0.1, 0.15) is 22.3 Å². The number of nitrogens with one attached hydrogen (secondary N) is 2. The van der Waals surface area contributed by atoms with Crippen molar-refractivity contribution in [1.29, 1.82) is 0 Å². The van der Waals surface area contributed by atoms with Crippen LogP contribution < -0.4 is 29.8 Å². The number of methoxy groups -OCH3 is 2. The Balaban J connectivity index is 1.49. The molecule has 0 radical (unpaired) electrons. The molecular weight excluding hydrogens is 352 g/mol. The molecule has 0 aliphatic carbocycles. The summed E-state index contributed by atoms with van der Waals surface area (Å²) in [6, 6.07) is 10.3. The van der Waals surface area contributed by atoms with Crippen molar-refractivity contribution in [2.24, 2.45) is 0 Å². The van der Waals surface area contributed by atoms with Crippen LogP contribution in [0.5, 0.6) is 23.0 Å². The number of rotatable bonds is 6. The average molecular weight is 372 g/mol. The topological polar surface area (TPSA) is 95.1 Å². The van der Waals surface area contributed by atoms with E-state index in [4.69, 9.17) is 18.9 Å². The molecule has 0 aromatic heterocycles. The minimum Gasteiger partial charge on any atom is -0.493 e. The molecule has 1 aliphatic rings. The smallest absolute Gasteiger partial charge is 0.269 e. The van der Waals surface area contributed by atoms with Gasteiger partial charge in [0.1, 0.15) is 0 Å². The van der Waals surface area contributed by atoms with Crippen LogP contribution in [0.15, 0.2) is 36.4 Å². The molecular formula is C19H20N2O6. The molecule has 0 unspecified atom stereocenters. The molecule has 0 saturated heterocycles. The Kier molecular flexibility index (Phi) is 5.65. The molecule has 0 bridgehead atoms. The first-order chi connectivity index (χ1) is 13.1. The number of amides is 2. The molecule has 0 spiro atoms. The molecule has 2 aromatic rings. The van der Waals surface area contributed by atoms with Gasteiger partial charge >= 0.3 is 0 Å². The molecule has 0 fully saturated rings. The molecule has 2 N–H and O–H groups in total. The summed E-state index contributed by atoms with van der Waals surface area (Å²) >= 11 is 0. The highest BCUT2D eigenvalue weighted by Crippen LogP contribution is 2.32. The van der Waals surface area contributed by atoms with Gasteiger partial charge in [-0.3, -0.25) is 20.4 Å². The Hall–Kier alpha value is -3.42. The van der Waals surface area contributed by atoms with Gasteiger partial charge in [0.05, 0.1) is 14.2 Å². The number of aryl methyl sites for hydroxylation is 1. The van der Waals surface area contributed by atoms with Gasteiger partial charge in [-0.25, -0.2) is 0 Å². The summed E-state index contributed by atoms with van der Waals surface area (Å²) in [5.74, 6) is 1.56. The van der Waals surface area contributed by atoms with Crippen LogP contribution in [-0.2, 0) is 11.2 Å². The monoisotopic (exact) mass is 372 g/mol. The lowest BCUT2D eigenvalue weighted by atomic mass is 10.1. The molecule has 8 nitrogen and oxygen atoms in total. The minimum atomic E-state index is -0.451. The van der Waals surface area contributed by atoms with Gasteiger partial charge < -0.3 is 18.9 Å². The standard InChI is InChI=1S/C19H20N2O6/c1-24-14-7-5-13(10-16(14)25-2)19(23)21-20-18(22)8-4-12-3-6-15-17(9-12)27-11-26-15/h3,5-7,9-10H,4,8,11H2,1-2H3,(H,20,22)(H,21,23). The number of carbonyl (C=O) groups excluding carboxylic acids is 2. The molecule has 1 aliphatic heterocycles. The van der Waals surface area contributed by atoms with E-state index in [0.29, 0.717) is 35.0 Å². The van der Waals surface area contributed by atoms with Crippen molar-refractivity contribution in [2.45, 2.75) is 12.8 Å². The third kappa shape index (κ3) is 4.41. The van der Waals surface area contributed by atoms with Crippen LogP contribution in [0, 0.1) is 0 Å². The minimum absolute atomic E-state index is 0.210. The predicted octanol–water partition coefficient (Wildman–Crippen LogP) is 1.83. The Morgan fingerprint density at radius 3 is 2.52 bits per heavy atom. The second kappa shape index (κ2) is 8.31. The van der Waals surface area contributed by atoms with E-state index in [9.17, 15) is 9.59 Å². The second-order valence-corrected chi connectivity index (χ2v) is 5.76. The van der Waals surface area contributed by atoms with E-state index in [1.807, 2.05) is 18.2 Å². The highest BCUT2D eigenvalue weighted by atomic mass is 16.7. The van der Waals surface area contributed by atoms with E-state index in [0.717, 1.165) is 5.56 Å². The van der Waals surface area contributed by atoms with Crippen LogP contribution in [0.2, 0.25) is 0 Å². The zero-order valence-electron chi connectivity index (χ0n) is 15.0. The molecule has 1 heterocycles. The number of benzene rings is 2. The van der Waals surface area contributed by atoms with Crippen molar-refractivity contribution in [3.05, 3.63) is 47.5 Å². The van der Waals surface area contributed by atoms with Crippen molar-refractivity contribution in [3.63, 3.8) is 0 Å². The van der Waals surface area contributed by atoms with Gasteiger partial charge in [-0.15, -0.1) is 0 Å². The molecule has 142 valence electrons. The lowest BCUT2D eigenvalue weighted by molar-refractivity contribution is -0.121. The fourth-order valence-corrected chi connectivity index (χ4v) is 2.59. The summed E-state index contributed by atoms with van der Waals surface area (Å²) in [7, 11) is 3.00. The molecule has 0 saturated carbocycles. The van der Waals surface area contributed by atoms with E-state index >= 15 is 0 Å². The fraction of sp³-hybridized carbons (Fsp3) is 0.263. The maximum absolute atomic E-state index is 12.2. The number of carbonyl (C=O) groups is 2. The summed E-state index contributed by atoms with van der Waals surface area (Å²) in [6.07, 6.45) is 0.723. The van der Waals surface area contributed by atoms with Crippen LogP contribution in [-0.4, -0.2) is 32.8 Å². The summed E-state index contributed by atoms with van der Waals surface area (Å²) in [5.41, 5.74) is 6.07. The summed E-state index contributed by atoms with van der Waals surface area (Å²) in [4.78, 5) is 24.1. The van der Waals surface area contributed by atoms with E-state index < -0.39 is 5.91 Å². The van der Waals surface area contributed by atoms with Gasteiger partial charge in [-0.05, 0) is 42.3 Å². The molecule has 27 heavy (non-hydrogen) atoms. The number of hydrazine groups is 1. The number of hydrogen-bond acceptors (Lipinski definition) is 6. The molecule has 3 rings (SSSR count). The van der Waals surface area contributed by atoms with Gasteiger partial charge in [0.2, 0.25) is 12.7 Å². The highest BCUT2D eigenvalue weighted by molar-refractivity contribution is 5.96. The first-order valence-corrected chi connectivity index (χ1v) is 8.30. The third-order valence-corrected chi connectivity index (χ3v) is 4.04. The molecule has 0 atom stereocenters. The number of hydrogen-bond donors (Lipinski definition) is 2. The van der Waals surface area contributed by atoms with Crippen molar-refractivity contribution in [3.8, 4) is 23.0 Å². The van der Waals surface area contributed by atoms with Crippen LogP contribution in [0.25, 0.3) is 0 Å². The van der Waals surface area contributed by atoms with E-state index in [1.165, 1.54) is 20.3 Å². The van der Waals surface area contributed by atoms with Gasteiger partial charge in [0, 0.05) is 12.0 Å². The Labute approximate surface area is 156 Å². The summed E-state index contributed by atoms with van der Waals surface area (Å²) in [5, 5.41) is 0. The summed E-state index contributed by atoms with van der Waals surface area (Å²) < 4.78 is 20.8. The first-order valence-electron chi connectivity index (χ1n) is 8.30. The van der Waals surface area contributed by atoms with Crippen LogP contribution in [0.3, 0.4) is 0 Å². The van der Waals surface area contributed by atoms with E-state index in [2.05, 4.69) is 10.9 Å². The van der Waals surface area contributed by atoms with Crippen LogP contribution >= 0.6 is 0 Å². The van der Waals surface area contributed by atoms with Crippen molar-refractivity contribution < 1.29 is 28.5 Å². The van der Waals surface area contributed by atoms with Crippen molar-refractivity contribution >= 4 is 11.8 Å². The van der Waals surface area contributed by atoms with Crippen LogP contribution in [0.4, 0.5) is 0 Å². The molecule has 2 amide bonds. The van der Waals surface area contributed by atoms with Gasteiger partial charge in [0.15, 0.2) is 23.0 Å². The summed E-state index contributed by atoms with van der Waals surface area (Å²) in [6.45, 7) is 0.210. The zero-order chi connectivity index (χ0) is 19.2. The zero-order valence-corrected chi connectivity index (χ0v) is 15.0. The van der Waals surface area contributed by atoms with Gasteiger partial charge in [0.25, 0.3) is 5.91 Å². The maximum Gasteiger partial charge on any atom is 0.269 e. The lowest BCUT2D eigenvalue weighted by Crippen LogP contribution is -2.41. The fourth-order valence-electron chi connectivity index (χ4n) is 2.59. The van der Waals surface area contributed by atoms with E-state index in [-0.39, 0.29) is 19.1 Å². The van der Waals surface area contributed by atoms with Crippen molar-refractivity contribution in [2.75, 3.05) is 21.0 Å². The second-order valence-electron chi connectivity index (χ2n) is 5.76. The largest absolute Gasteiger partial charge is 0.493 e.